The quantitative estimate of drug-likeness (QED) is 0.152. The van der Waals surface area contributed by atoms with Crippen LogP contribution < -0.4 is 11.1 Å². The lowest BCUT2D eigenvalue weighted by molar-refractivity contribution is -0.139. The first-order chi connectivity index (χ1) is 24.8. The van der Waals surface area contributed by atoms with Gasteiger partial charge in [-0.3, -0.25) is 14.4 Å². The number of nitrogens with one attached hydrogen (secondary N) is 1. The van der Waals surface area contributed by atoms with Crippen molar-refractivity contribution in [3.8, 4) is 0 Å². The van der Waals surface area contributed by atoms with Gasteiger partial charge in [0.05, 0.1) is 19.2 Å². The highest BCUT2D eigenvalue weighted by Crippen LogP contribution is 2.29. The number of rotatable bonds is 16. The van der Waals surface area contributed by atoms with Crippen molar-refractivity contribution in [2.24, 2.45) is 11.7 Å². The Balaban J connectivity index is 1.38. The number of oxazole rings is 1. The Hall–Kier alpha value is -4.78. The van der Waals surface area contributed by atoms with Gasteiger partial charge in [0.15, 0.2) is 11.4 Å². The Bertz CT molecular complexity index is 1610. The fourth-order valence-corrected chi connectivity index (χ4v) is 6.85. The number of carbonyl (C=O) groups is 5. The number of hydrogen-bond donors (Lipinski definition) is 2. The number of para-hydroxylation sites is 2. The maximum atomic E-state index is 14.4. The van der Waals surface area contributed by atoms with Gasteiger partial charge in [-0.2, -0.15) is 0 Å². The number of nitrogens with two attached hydrogens (primary N) is 1. The van der Waals surface area contributed by atoms with Gasteiger partial charge >= 0.3 is 12.2 Å². The van der Waals surface area contributed by atoms with Crippen LogP contribution in [-0.4, -0.2) is 95.4 Å². The van der Waals surface area contributed by atoms with Crippen LogP contribution >= 0.6 is 0 Å². The van der Waals surface area contributed by atoms with Crippen LogP contribution in [0.15, 0.2) is 59.0 Å². The Morgan fingerprint density at radius 1 is 0.980 bits per heavy atom. The number of nitrogens with zero attached hydrogens (tertiary/aromatic N) is 3. The molecule has 13 nitrogen and oxygen atoms in total. The number of benzene rings is 2. The molecular weight excluding hydrogens is 654 g/mol. The van der Waals surface area contributed by atoms with Crippen LogP contribution in [-0.2, 0) is 25.5 Å². The van der Waals surface area contributed by atoms with Gasteiger partial charge in [0.1, 0.15) is 17.7 Å². The smallest absolute Gasteiger partial charge is 0.410 e. The first-order valence-corrected chi connectivity index (χ1v) is 18.1. The second-order valence-electron chi connectivity index (χ2n) is 13.2. The lowest BCUT2D eigenvalue weighted by Crippen LogP contribution is -2.52. The number of ketones is 2. The molecule has 0 unspecified atom stereocenters. The van der Waals surface area contributed by atoms with E-state index in [0.717, 1.165) is 24.8 Å². The number of hydrogen-bond acceptors (Lipinski definition) is 10. The highest BCUT2D eigenvalue weighted by Gasteiger charge is 2.44. The summed E-state index contributed by atoms with van der Waals surface area (Å²) in [7, 11) is 0. The number of unbranched alkanes of at least 4 members (excludes halogenated alkanes) is 1. The number of carbonyl (C=O) groups excluding carboxylic acids is 5. The van der Waals surface area contributed by atoms with E-state index in [1.807, 2.05) is 30.3 Å². The van der Waals surface area contributed by atoms with Crippen LogP contribution in [0.5, 0.6) is 0 Å². The molecule has 2 saturated heterocycles. The summed E-state index contributed by atoms with van der Waals surface area (Å²) in [5, 5.41) is 2.69. The summed E-state index contributed by atoms with van der Waals surface area (Å²) < 4.78 is 16.8. The number of alkyl carbamates (subject to hydrolysis) is 1. The Morgan fingerprint density at radius 2 is 1.73 bits per heavy atom. The fraction of sp³-hybridized carbons (Fsp3) is 0.526. The lowest BCUT2D eigenvalue weighted by atomic mass is 9.89. The van der Waals surface area contributed by atoms with Gasteiger partial charge in [0, 0.05) is 31.8 Å². The van der Waals surface area contributed by atoms with Crippen molar-refractivity contribution in [2.45, 2.75) is 89.3 Å². The maximum Gasteiger partial charge on any atom is 0.410 e. The fourth-order valence-electron chi connectivity index (χ4n) is 6.85. The molecule has 2 aliphatic rings. The normalized spacial score (nSPS) is 18.6. The van der Waals surface area contributed by atoms with E-state index < -0.39 is 48.0 Å². The summed E-state index contributed by atoms with van der Waals surface area (Å²) in [6.07, 6.45) is 3.09. The third kappa shape index (κ3) is 10.2. The molecule has 274 valence electrons. The predicted molar refractivity (Wildman–Crippen MR) is 189 cm³/mol. The molecular formula is C38H49N5O8. The van der Waals surface area contributed by atoms with E-state index >= 15 is 0 Å². The van der Waals surface area contributed by atoms with Crippen molar-refractivity contribution in [1.29, 1.82) is 0 Å². The summed E-state index contributed by atoms with van der Waals surface area (Å²) >= 11 is 0. The third-order valence-electron chi connectivity index (χ3n) is 9.56. The monoisotopic (exact) mass is 703 g/mol. The minimum Gasteiger partial charge on any atom is -0.450 e. The number of aryl methyl sites for hydroxylation is 1. The zero-order valence-corrected chi connectivity index (χ0v) is 29.3. The van der Waals surface area contributed by atoms with Gasteiger partial charge in [0.25, 0.3) is 5.89 Å². The van der Waals surface area contributed by atoms with E-state index in [0.29, 0.717) is 56.4 Å². The molecule has 2 fully saturated rings. The molecule has 51 heavy (non-hydrogen) atoms. The second-order valence-corrected chi connectivity index (χ2v) is 13.2. The molecule has 0 radical (unpaired) electrons. The van der Waals surface area contributed by atoms with E-state index in [2.05, 4.69) is 10.3 Å². The Morgan fingerprint density at radius 3 is 2.45 bits per heavy atom. The Labute approximate surface area is 298 Å². The number of amides is 3. The number of piperidine rings is 1. The van der Waals surface area contributed by atoms with Gasteiger partial charge in [0.2, 0.25) is 11.7 Å². The van der Waals surface area contributed by atoms with E-state index in [4.69, 9.17) is 19.6 Å². The minimum atomic E-state index is -1.02. The number of likely N-dealkylation sites (tertiary alicyclic amines) is 2. The van der Waals surface area contributed by atoms with Crippen molar-refractivity contribution >= 4 is 40.8 Å². The van der Waals surface area contributed by atoms with Crippen molar-refractivity contribution in [3.63, 3.8) is 0 Å². The van der Waals surface area contributed by atoms with Crippen LogP contribution in [0.4, 0.5) is 9.59 Å². The van der Waals surface area contributed by atoms with E-state index in [-0.39, 0.29) is 44.1 Å². The van der Waals surface area contributed by atoms with Crippen LogP contribution in [0.25, 0.3) is 11.1 Å². The van der Waals surface area contributed by atoms with Gasteiger partial charge in [-0.15, -0.1) is 0 Å². The van der Waals surface area contributed by atoms with Crippen molar-refractivity contribution in [1.82, 2.24) is 20.1 Å². The number of aromatic nitrogens is 1. The number of ether oxygens (including phenoxy) is 2. The summed E-state index contributed by atoms with van der Waals surface area (Å²) in [5.41, 5.74) is 7.72. The lowest BCUT2D eigenvalue weighted by Gasteiger charge is -2.29. The summed E-state index contributed by atoms with van der Waals surface area (Å²) in [5.74, 6) is -2.08. The molecule has 2 aromatic carbocycles. The second kappa shape index (κ2) is 18.5. The Kier molecular flexibility index (Phi) is 13.6. The highest BCUT2D eigenvalue weighted by molar-refractivity contribution is 6.00. The molecule has 0 spiro atoms. The van der Waals surface area contributed by atoms with Gasteiger partial charge in [-0.1, -0.05) is 48.9 Å². The predicted octanol–water partition coefficient (Wildman–Crippen LogP) is 5.05. The number of fused-ring (bicyclic) bond motifs is 1. The summed E-state index contributed by atoms with van der Waals surface area (Å²) in [4.78, 5) is 75.6. The molecule has 13 heteroatoms. The van der Waals surface area contributed by atoms with Crippen LogP contribution in [0.3, 0.4) is 0 Å². The van der Waals surface area contributed by atoms with Gasteiger partial charge < -0.3 is 34.7 Å². The topological polar surface area (TPSA) is 174 Å². The zero-order valence-electron chi connectivity index (χ0n) is 29.3. The molecule has 3 heterocycles. The third-order valence-corrected chi connectivity index (χ3v) is 9.56. The van der Waals surface area contributed by atoms with Crippen molar-refractivity contribution in [3.05, 3.63) is 66.1 Å². The highest BCUT2D eigenvalue weighted by atomic mass is 16.6. The molecule has 0 bridgehead atoms. The molecule has 3 amide bonds. The molecule has 4 atom stereocenters. The van der Waals surface area contributed by atoms with E-state index in [1.165, 1.54) is 4.90 Å². The summed E-state index contributed by atoms with van der Waals surface area (Å²) in [6.45, 7) is 3.37. The molecule has 0 aliphatic carbocycles. The largest absolute Gasteiger partial charge is 0.450 e. The molecule has 3 N–H and O–H groups in total. The first kappa shape index (κ1) is 37.5. The van der Waals surface area contributed by atoms with Gasteiger partial charge in [-0.05, 0) is 76.1 Å². The SMILES string of the molecule is CCOC(=O)N[C@H](CCc1ccccc1)C(=O)N1C[C@H](OC(=O)N2CCCCC2)C[C@H]1C(=O)C[C@@H](CCCCN)C(=O)c1nc2ccccc2o1. The van der Waals surface area contributed by atoms with Crippen LogP contribution in [0.2, 0.25) is 0 Å². The molecule has 2 aliphatic heterocycles. The maximum absolute atomic E-state index is 14.4. The van der Waals surface area contributed by atoms with E-state index in [9.17, 15) is 24.0 Å². The zero-order chi connectivity index (χ0) is 36.2. The minimum absolute atomic E-state index is 0.0297. The van der Waals surface area contributed by atoms with Crippen molar-refractivity contribution < 1.29 is 37.9 Å². The number of Topliss-reactive ketones (excluding diaryl/α,β-unsaturated/α-hetero) is 2. The van der Waals surface area contributed by atoms with Crippen LogP contribution in [0, 0.1) is 5.92 Å². The molecule has 1 aromatic heterocycles. The van der Waals surface area contributed by atoms with Gasteiger partial charge in [-0.25, -0.2) is 14.6 Å². The summed E-state index contributed by atoms with van der Waals surface area (Å²) in [6, 6.07) is 14.6. The first-order valence-electron chi connectivity index (χ1n) is 18.1. The average Bonchev–Trinajstić information content (AvgIpc) is 3.78. The van der Waals surface area contributed by atoms with E-state index in [1.54, 1.807) is 36.1 Å². The molecule has 5 rings (SSSR count). The molecule has 3 aromatic rings. The average molecular weight is 704 g/mol. The van der Waals surface area contributed by atoms with Crippen LogP contribution in [0.1, 0.15) is 81.0 Å². The molecule has 0 saturated carbocycles. The standard InChI is InChI=1S/C38H49N5O8/c1-2-49-37(47)41-30(19-18-26-13-5-3-6-14-26)36(46)43-25-28(50-38(48)42-21-11-4-12-22-42)24-31(43)32(44)23-27(15-9-10-20-39)34(45)35-40-29-16-7-8-17-33(29)51-35/h3,5-8,13-14,16-17,27-28,30-31H,2,4,9-12,15,18-25,39H2,1H3,(H,41,47)/t27-,28-,30-,31+/m1/s1. The van der Waals surface area contributed by atoms with Crippen molar-refractivity contribution in [2.75, 3.05) is 32.8 Å².